The summed E-state index contributed by atoms with van der Waals surface area (Å²) in [6.45, 7) is -1.68. The van der Waals surface area contributed by atoms with Crippen LogP contribution in [0, 0.1) is 0 Å². The molecule has 0 unspecified atom stereocenters. The minimum absolute atomic E-state index is 0.00961. The monoisotopic (exact) mass is 329 g/mol. The summed E-state index contributed by atoms with van der Waals surface area (Å²) in [6, 6.07) is 5.32. The molecule has 0 aliphatic heterocycles. The van der Waals surface area contributed by atoms with Crippen molar-refractivity contribution in [2.75, 3.05) is 13.2 Å². The third-order valence-electron chi connectivity index (χ3n) is 2.67. The van der Waals surface area contributed by atoms with E-state index in [0.717, 1.165) is 5.56 Å². The number of hydrogen-bond donors (Lipinski definition) is 2. The van der Waals surface area contributed by atoms with E-state index in [1.165, 1.54) is 29.0 Å². The molecule has 0 amide bonds. The fourth-order valence-corrected chi connectivity index (χ4v) is 2.51. The number of sulfonamides is 1. The quantitative estimate of drug-likeness (QED) is 0.715. The Bertz CT molecular complexity index is 546. The summed E-state index contributed by atoms with van der Waals surface area (Å²) in [5.41, 5.74) is 0.765. The zero-order chi connectivity index (χ0) is 16.1. The molecule has 4 nitrogen and oxygen atoms in total. The van der Waals surface area contributed by atoms with Crippen molar-refractivity contribution in [3.05, 3.63) is 29.8 Å². The zero-order valence-electron chi connectivity index (χ0n) is 10.9. The standard InChI is InChI=1S/C12H15F4NO3S/c13-11(14)12(15,16)8-17-21(19,20)10-5-3-9(4-6-10)2-1-7-18/h3-6,11,17-18H,1-2,7-8H2. The molecule has 0 saturated carbocycles. The van der Waals surface area contributed by atoms with Crippen LogP contribution in [0.4, 0.5) is 17.6 Å². The van der Waals surface area contributed by atoms with E-state index in [-0.39, 0.29) is 11.5 Å². The summed E-state index contributed by atoms with van der Waals surface area (Å²) in [5.74, 6) is -4.42. The van der Waals surface area contributed by atoms with Gasteiger partial charge in [-0.15, -0.1) is 0 Å². The molecule has 0 radical (unpaired) electrons. The van der Waals surface area contributed by atoms with Crippen LogP contribution in [0.3, 0.4) is 0 Å². The Hall–Kier alpha value is -1.19. The topological polar surface area (TPSA) is 66.4 Å². The molecule has 0 aromatic heterocycles. The van der Waals surface area contributed by atoms with E-state index in [1.54, 1.807) is 0 Å². The second kappa shape index (κ2) is 7.19. The van der Waals surface area contributed by atoms with Crippen molar-refractivity contribution in [2.45, 2.75) is 30.1 Å². The van der Waals surface area contributed by atoms with Gasteiger partial charge in [-0.1, -0.05) is 12.1 Å². The lowest BCUT2D eigenvalue weighted by molar-refractivity contribution is -0.122. The van der Waals surface area contributed by atoms with Gasteiger partial charge in [0.1, 0.15) is 0 Å². The number of nitrogens with one attached hydrogen (secondary N) is 1. The molecule has 1 rings (SSSR count). The highest BCUT2D eigenvalue weighted by atomic mass is 32.2. The summed E-state index contributed by atoms with van der Waals surface area (Å²) in [4.78, 5) is -0.291. The number of aliphatic hydroxyl groups excluding tert-OH is 1. The first-order chi connectivity index (χ1) is 9.69. The van der Waals surface area contributed by atoms with E-state index < -0.39 is 28.9 Å². The van der Waals surface area contributed by atoms with Gasteiger partial charge in [0.05, 0.1) is 11.4 Å². The van der Waals surface area contributed by atoms with Crippen LogP contribution in [0.25, 0.3) is 0 Å². The molecule has 9 heteroatoms. The van der Waals surface area contributed by atoms with Crippen molar-refractivity contribution >= 4 is 10.0 Å². The van der Waals surface area contributed by atoms with Gasteiger partial charge in [0.2, 0.25) is 10.0 Å². The van der Waals surface area contributed by atoms with E-state index in [9.17, 15) is 26.0 Å². The van der Waals surface area contributed by atoms with Gasteiger partial charge in [-0.2, -0.15) is 8.78 Å². The average Bonchev–Trinajstić information content (AvgIpc) is 2.43. The molecule has 0 bridgehead atoms. The second-order valence-electron chi connectivity index (χ2n) is 4.36. The van der Waals surface area contributed by atoms with Gasteiger partial charge in [0.25, 0.3) is 0 Å². The van der Waals surface area contributed by atoms with Gasteiger partial charge in [0.15, 0.2) is 0 Å². The van der Waals surface area contributed by atoms with Gasteiger partial charge < -0.3 is 5.11 Å². The molecule has 0 atom stereocenters. The van der Waals surface area contributed by atoms with Crippen molar-refractivity contribution in [2.24, 2.45) is 0 Å². The summed E-state index contributed by atoms with van der Waals surface area (Å²) < 4.78 is 74.2. The van der Waals surface area contributed by atoms with E-state index in [0.29, 0.717) is 12.8 Å². The molecule has 0 aliphatic carbocycles. The van der Waals surface area contributed by atoms with Gasteiger partial charge in [-0.25, -0.2) is 21.9 Å². The number of halogens is 4. The SMILES string of the molecule is O=S(=O)(NCC(F)(F)C(F)F)c1ccc(CCCO)cc1. The van der Waals surface area contributed by atoms with E-state index >= 15 is 0 Å². The largest absolute Gasteiger partial charge is 0.396 e. The number of rotatable bonds is 8. The first-order valence-corrected chi connectivity index (χ1v) is 7.53. The lowest BCUT2D eigenvalue weighted by atomic mass is 10.1. The third-order valence-corrected chi connectivity index (χ3v) is 4.09. The average molecular weight is 329 g/mol. The summed E-state index contributed by atoms with van der Waals surface area (Å²) in [5, 5.41) is 8.66. The van der Waals surface area contributed by atoms with E-state index in [4.69, 9.17) is 5.11 Å². The predicted molar refractivity (Wildman–Crippen MR) is 68.0 cm³/mol. The van der Waals surface area contributed by atoms with Crippen LogP contribution in [0.2, 0.25) is 0 Å². The van der Waals surface area contributed by atoms with Crippen LogP contribution in [0.15, 0.2) is 29.2 Å². The number of aliphatic hydroxyl groups is 1. The highest BCUT2D eigenvalue weighted by Crippen LogP contribution is 2.22. The molecule has 2 N–H and O–H groups in total. The van der Waals surface area contributed by atoms with Crippen molar-refractivity contribution in [1.29, 1.82) is 0 Å². The van der Waals surface area contributed by atoms with Crippen LogP contribution in [0.5, 0.6) is 0 Å². The Labute approximate surface area is 119 Å². The smallest absolute Gasteiger partial charge is 0.320 e. The molecular formula is C12H15F4NO3S. The lowest BCUT2D eigenvalue weighted by Crippen LogP contribution is -2.41. The molecule has 0 saturated heterocycles. The summed E-state index contributed by atoms with van der Waals surface area (Å²) in [7, 11) is -4.28. The Morgan fingerprint density at radius 1 is 1.19 bits per heavy atom. The molecule has 0 heterocycles. The molecular weight excluding hydrogens is 314 g/mol. The minimum Gasteiger partial charge on any atom is -0.396 e. The van der Waals surface area contributed by atoms with Crippen LogP contribution in [-0.4, -0.2) is 39.0 Å². The Morgan fingerprint density at radius 2 is 1.76 bits per heavy atom. The molecule has 1 aromatic rings. The number of benzene rings is 1. The molecule has 21 heavy (non-hydrogen) atoms. The van der Waals surface area contributed by atoms with Crippen molar-refractivity contribution in [3.63, 3.8) is 0 Å². The van der Waals surface area contributed by atoms with Crippen LogP contribution in [0.1, 0.15) is 12.0 Å². The Balaban J connectivity index is 2.74. The number of hydrogen-bond acceptors (Lipinski definition) is 3. The lowest BCUT2D eigenvalue weighted by Gasteiger charge is -2.16. The maximum Gasteiger partial charge on any atom is 0.320 e. The first-order valence-electron chi connectivity index (χ1n) is 6.04. The molecule has 1 aromatic carbocycles. The Morgan fingerprint density at radius 3 is 2.24 bits per heavy atom. The van der Waals surface area contributed by atoms with Gasteiger partial charge >= 0.3 is 12.3 Å². The summed E-state index contributed by atoms with van der Waals surface area (Å²) >= 11 is 0. The summed E-state index contributed by atoms with van der Waals surface area (Å²) in [6.07, 6.45) is -2.90. The van der Waals surface area contributed by atoms with E-state index in [2.05, 4.69) is 0 Å². The molecule has 0 aliphatic rings. The minimum atomic E-state index is -4.42. The van der Waals surface area contributed by atoms with Crippen LogP contribution in [-0.2, 0) is 16.4 Å². The first kappa shape index (κ1) is 17.9. The third kappa shape index (κ3) is 5.25. The fourth-order valence-electron chi connectivity index (χ4n) is 1.47. The maximum atomic E-state index is 12.7. The number of alkyl halides is 4. The highest BCUT2D eigenvalue weighted by molar-refractivity contribution is 7.89. The van der Waals surface area contributed by atoms with Crippen molar-refractivity contribution < 1.29 is 31.1 Å². The predicted octanol–water partition coefficient (Wildman–Crippen LogP) is 1.79. The maximum absolute atomic E-state index is 12.7. The highest BCUT2D eigenvalue weighted by Gasteiger charge is 2.41. The molecule has 0 spiro atoms. The van der Waals surface area contributed by atoms with Crippen molar-refractivity contribution in [3.8, 4) is 0 Å². The van der Waals surface area contributed by atoms with Gasteiger partial charge in [0, 0.05) is 6.61 Å². The molecule has 120 valence electrons. The molecule has 0 fully saturated rings. The van der Waals surface area contributed by atoms with E-state index in [1.807, 2.05) is 0 Å². The fraction of sp³-hybridized carbons (Fsp3) is 0.500. The Kier molecular flexibility index (Phi) is 6.11. The second-order valence-corrected chi connectivity index (χ2v) is 6.12. The van der Waals surface area contributed by atoms with Crippen LogP contribution < -0.4 is 4.72 Å². The van der Waals surface area contributed by atoms with Crippen LogP contribution >= 0.6 is 0 Å². The zero-order valence-corrected chi connectivity index (χ0v) is 11.7. The normalized spacial score (nSPS) is 12.9. The van der Waals surface area contributed by atoms with Crippen molar-refractivity contribution in [1.82, 2.24) is 4.72 Å². The van der Waals surface area contributed by atoms with Gasteiger partial charge in [-0.3, -0.25) is 0 Å². The van der Waals surface area contributed by atoms with Gasteiger partial charge in [-0.05, 0) is 30.5 Å². The number of aryl methyl sites for hydroxylation is 1.